The topological polar surface area (TPSA) is 35.6 Å². The molecule has 4 nitrogen and oxygen atoms in total. The normalized spacial score (nSPS) is 11.0. The molecule has 0 fully saturated rings. The van der Waals surface area contributed by atoms with Crippen molar-refractivity contribution >= 4 is 0 Å². The van der Waals surface area contributed by atoms with E-state index < -0.39 is 0 Å². The van der Waals surface area contributed by atoms with Crippen LogP contribution >= 0.6 is 0 Å². The fraction of sp³-hybridized carbons (Fsp3) is 0.294. The molecule has 3 rings (SSSR count). The Morgan fingerprint density at radius 2 is 1.95 bits per heavy atom. The monoisotopic (exact) mass is 280 g/mol. The van der Waals surface area contributed by atoms with Gasteiger partial charge in [0.15, 0.2) is 5.82 Å². The lowest BCUT2D eigenvalue weighted by Crippen LogP contribution is -2.03. The maximum absolute atomic E-state index is 4.46. The molecule has 0 spiro atoms. The molecule has 0 aliphatic heterocycles. The van der Waals surface area contributed by atoms with Crippen LogP contribution in [0.4, 0.5) is 0 Å². The summed E-state index contributed by atoms with van der Waals surface area (Å²) in [5.41, 5.74) is 3.75. The number of hydrogen-bond donors (Lipinski definition) is 0. The van der Waals surface area contributed by atoms with Crippen LogP contribution in [0.5, 0.6) is 0 Å². The van der Waals surface area contributed by atoms with E-state index in [9.17, 15) is 0 Å². The third-order valence-corrected chi connectivity index (χ3v) is 3.75. The maximum Gasteiger partial charge on any atom is 0.158 e. The van der Waals surface area contributed by atoms with E-state index >= 15 is 0 Å². The summed E-state index contributed by atoms with van der Waals surface area (Å²) in [5, 5.41) is 0. The van der Waals surface area contributed by atoms with Crippen LogP contribution in [0.15, 0.2) is 49.2 Å². The molecule has 0 saturated heterocycles. The van der Waals surface area contributed by atoms with Crippen molar-refractivity contribution in [3.63, 3.8) is 0 Å². The van der Waals surface area contributed by atoms with Crippen molar-refractivity contribution in [2.45, 2.75) is 26.3 Å². The van der Waals surface area contributed by atoms with Gasteiger partial charge in [-0.05, 0) is 25.3 Å². The lowest BCUT2D eigenvalue weighted by molar-refractivity contribution is 0.644. The summed E-state index contributed by atoms with van der Waals surface area (Å²) in [5.74, 6) is 0.985. The van der Waals surface area contributed by atoms with E-state index in [1.807, 2.05) is 30.2 Å². The van der Waals surface area contributed by atoms with Crippen molar-refractivity contribution < 1.29 is 0 Å². The highest BCUT2D eigenvalue weighted by molar-refractivity contribution is 5.49. The van der Waals surface area contributed by atoms with Crippen LogP contribution in [0.25, 0.3) is 11.5 Å². The van der Waals surface area contributed by atoms with Crippen LogP contribution < -0.4 is 0 Å². The van der Waals surface area contributed by atoms with Gasteiger partial charge >= 0.3 is 0 Å². The largest absolute Gasteiger partial charge is 0.331 e. The van der Waals surface area contributed by atoms with Crippen molar-refractivity contribution in [1.82, 2.24) is 19.1 Å². The Labute approximate surface area is 125 Å². The van der Waals surface area contributed by atoms with E-state index in [0.717, 1.165) is 30.9 Å². The van der Waals surface area contributed by atoms with Crippen LogP contribution in [-0.2, 0) is 20.0 Å². The van der Waals surface area contributed by atoms with Crippen molar-refractivity contribution in [3.05, 3.63) is 60.3 Å². The molecule has 4 heteroatoms. The minimum atomic E-state index is 0.967. The second-order valence-corrected chi connectivity index (χ2v) is 5.42. The Morgan fingerprint density at radius 3 is 2.67 bits per heavy atom. The predicted molar refractivity (Wildman–Crippen MR) is 83.9 cm³/mol. The first-order valence-corrected chi connectivity index (χ1v) is 7.27. The van der Waals surface area contributed by atoms with Crippen LogP contribution in [0.1, 0.15) is 17.5 Å². The Kier molecular flexibility index (Phi) is 3.86. The molecule has 0 aliphatic carbocycles. The van der Waals surface area contributed by atoms with Gasteiger partial charge in [0.1, 0.15) is 5.69 Å². The summed E-state index contributed by atoms with van der Waals surface area (Å²) in [6.07, 6.45) is 9.75. The number of aromatic nitrogens is 4. The number of aryl methyl sites for hydroxylation is 4. The molecule has 0 aliphatic rings. The minimum Gasteiger partial charge on any atom is -0.331 e. The zero-order valence-corrected chi connectivity index (χ0v) is 12.5. The van der Waals surface area contributed by atoms with E-state index in [1.165, 1.54) is 11.1 Å². The lowest BCUT2D eigenvalue weighted by Gasteiger charge is -2.08. The quantitative estimate of drug-likeness (QED) is 0.719. The highest BCUT2D eigenvalue weighted by Crippen LogP contribution is 2.17. The fourth-order valence-corrected chi connectivity index (χ4v) is 2.50. The van der Waals surface area contributed by atoms with Crippen LogP contribution in [0.3, 0.4) is 0 Å². The molecule has 2 heterocycles. The first-order chi connectivity index (χ1) is 10.2. The highest BCUT2D eigenvalue weighted by Gasteiger charge is 2.09. The van der Waals surface area contributed by atoms with Crippen LogP contribution in [0, 0.1) is 6.92 Å². The van der Waals surface area contributed by atoms with E-state index in [0.29, 0.717) is 0 Å². The van der Waals surface area contributed by atoms with Gasteiger partial charge in [-0.15, -0.1) is 0 Å². The molecule has 0 atom stereocenters. The van der Waals surface area contributed by atoms with Gasteiger partial charge in [0.2, 0.25) is 0 Å². The number of rotatable bonds is 5. The highest BCUT2D eigenvalue weighted by atomic mass is 15.1. The average Bonchev–Trinajstić information content (AvgIpc) is 3.09. The van der Waals surface area contributed by atoms with Crippen molar-refractivity contribution in [1.29, 1.82) is 0 Å². The first kappa shape index (κ1) is 13.6. The Hall–Kier alpha value is -2.36. The fourth-order valence-electron chi connectivity index (χ4n) is 2.50. The second kappa shape index (κ2) is 5.95. The smallest absolute Gasteiger partial charge is 0.158 e. The summed E-state index contributed by atoms with van der Waals surface area (Å²) in [7, 11) is 1.99. The molecular weight excluding hydrogens is 260 g/mol. The third-order valence-electron chi connectivity index (χ3n) is 3.75. The van der Waals surface area contributed by atoms with Crippen molar-refractivity contribution in [3.8, 4) is 11.5 Å². The van der Waals surface area contributed by atoms with Gasteiger partial charge in [-0.3, -0.25) is 0 Å². The predicted octanol–water partition coefficient (Wildman–Crippen LogP) is 3.22. The SMILES string of the molecule is Cc1ccc(CCCn2ccnc2-c2cncn2C)cc1. The number of hydrogen-bond acceptors (Lipinski definition) is 2. The lowest BCUT2D eigenvalue weighted by atomic mass is 10.1. The molecule has 0 N–H and O–H groups in total. The van der Waals surface area contributed by atoms with E-state index in [4.69, 9.17) is 0 Å². The number of nitrogens with zero attached hydrogens (tertiary/aromatic N) is 4. The molecule has 0 radical (unpaired) electrons. The van der Waals surface area contributed by atoms with Gasteiger partial charge < -0.3 is 9.13 Å². The zero-order valence-electron chi connectivity index (χ0n) is 12.5. The molecule has 21 heavy (non-hydrogen) atoms. The van der Waals surface area contributed by atoms with Crippen molar-refractivity contribution in [2.75, 3.05) is 0 Å². The standard InChI is InChI=1S/C17H20N4/c1-14-5-7-15(8-6-14)4-3-10-21-11-9-19-17(21)16-12-18-13-20(16)2/h5-9,11-13H,3-4,10H2,1-2H3. The van der Waals surface area contributed by atoms with Gasteiger partial charge in [0.05, 0.1) is 12.5 Å². The molecule has 108 valence electrons. The van der Waals surface area contributed by atoms with Gasteiger partial charge in [0, 0.05) is 26.0 Å². The van der Waals surface area contributed by atoms with Gasteiger partial charge in [0.25, 0.3) is 0 Å². The van der Waals surface area contributed by atoms with Gasteiger partial charge in [-0.2, -0.15) is 0 Å². The van der Waals surface area contributed by atoms with E-state index in [1.54, 1.807) is 6.33 Å². The second-order valence-electron chi connectivity index (χ2n) is 5.42. The number of benzene rings is 1. The zero-order chi connectivity index (χ0) is 14.7. The Bertz CT molecular complexity index is 706. The molecule has 0 saturated carbocycles. The maximum atomic E-state index is 4.46. The summed E-state index contributed by atoms with van der Waals surface area (Å²) < 4.78 is 4.20. The summed E-state index contributed by atoms with van der Waals surface area (Å²) in [6, 6.07) is 8.78. The Balaban J connectivity index is 1.65. The van der Waals surface area contributed by atoms with Crippen LogP contribution in [-0.4, -0.2) is 19.1 Å². The minimum absolute atomic E-state index is 0.967. The van der Waals surface area contributed by atoms with Gasteiger partial charge in [-0.1, -0.05) is 29.8 Å². The molecule has 1 aromatic carbocycles. The van der Waals surface area contributed by atoms with E-state index in [-0.39, 0.29) is 0 Å². The number of imidazole rings is 2. The van der Waals surface area contributed by atoms with Crippen molar-refractivity contribution in [2.24, 2.45) is 7.05 Å². The summed E-state index contributed by atoms with van der Waals surface area (Å²) in [4.78, 5) is 8.62. The molecular formula is C17H20N4. The molecule has 0 bridgehead atoms. The average molecular weight is 280 g/mol. The summed E-state index contributed by atoms with van der Waals surface area (Å²) >= 11 is 0. The molecule has 0 amide bonds. The first-order valence-electron chi connectivity index (χ1n) is 7.27. The van der Waals surface area contributed by atoms with Crippen LogP contribution in [0.2, 0.25) is 0 Å². The summed E-state index contributed by atoms with van der Waals surface area (Å²) in [6.45, 7) is 3.09. The molecule has 2 aromatic heterocycles. The molecule has 0 unspecified atom stereocenters. The van der Waals surface area contributed by atoms with E-state index in [2.05, 4.69) is 45.7 Å². The van der Waals surface area contributed by atoms with Gasteiger partial charge in [-0.25, -0.2) is 9.97 Å². The third kappa shape index (κ3) is 3.05. The molecule has 3 aromatic rings. The Morgan fingerprint density at radius 1 is 1.14 bits per heavy atom.